The SMILES string of the molecule is C=C(C)C(=O)NCCN(C)C.C=C(CCC)C(=O)N(NC)NC. The number of nitrogens with one attached hydrogen (secondary N) is 3. The summed E-state index contributed by atoms with van der Waals surface area (Å²) in [6.07, 6.45) is 1.67. The summed E-state index contributed by atoms with van der Waals surface area (Å²) in [5, 5.41) is 4.04. The van der Waals surface area contributed by atoms with Crippen molar-refractivity contribution in [2.75, 3.05) is 41.3 Å². The van der Waals surface area contributed by atoms with Gasteiger partial charge in [-0.25, -0.2) is 16.0 Å². The van der Waals surface area contributed by atoms with E-state index in [9.17, 15) is 9.59 Å². The van der Waals surface area contributed by atoms with E-state index in [0.717, 1.165) is 19.4 Å². The Bertz CT molecular complexity index is 390. The van der Waals surface area contributed by atoms with Crippen LogP contribution in [0.15, 0.2) is 24.3 Å². The van der Waals surface area contributed by atoms with Crippen molar-refractivity contribution < 1.29 is 9.59 Å². The molecular weight excluding hydrogens is 294 g/mol. The van der Waals surface area contributed by atoms with Crippen molar-refractivity contribution in [3.05, 3.63) is 24.3 Å². The summed E-state index contributed by atoms with van der Waals surface area (Å²) in [7, 11) is 7.28. The lowest BCUT2D eigenvalue weighted by molar-refractivity contribution is -0.133. The Balaban J connectivity index is 0. The van der Waals surface area contributed by atoms with Crippen molar-refractivity contribution in [1.29, 1.82) is 0 Å². The quantitative estimate of drug-likeness (QED) is 0.429. The van der Waals surface area contributed by atoms with Crippen LogP contribution in [0.3, 0.4) is 0 Å². The summed E-state index contributed by atoms with van der Waals surface area (Å²) in [5.74, 6) is -0.172. The lowest BCUT2D eigenvalue weighted by atomic mass is 10.2. The Morgan fingerprint density at radius 1 is 1.09 bits per heavy atom. The van der Waals surface area contributed by atoms with Crippen LogP contribution in [0.4, 0.5) is 0 Å². The van der Waals surface area contributed by atoms with E-state index in [4.69, 9.17) is 0 Å². The molecule has 0 radical (unpaired) electrons. The molecule has 0 aliphatic carbocycles. The molecule has 7 nitrogen and oxygen atoms in total. The number of hydrazine groups is 2. The fourth-order valence-electron chi connectivity index (χ4n) is 1.43. The number of nitrogens with zero attached hydrogens (tertiary/aromatic N) is 2. The molecule has 0 spiro atoms. The molecule has 3 N–H and O–H groups in total. The van der Waals surface area contributed by atoms with E-state index in [2.05, 4.69) is 29.3 Å². The molecule has 0 aromatic heterocycles. The first-order valence-corrected chi connectivity index (χ1v) is 7.66. The molecule has 0 saturated heterocycles. The zero-order chi connectivity index (χ0) is 18.4. The standard InChI is InChI=1S/C8H17N3O.C8H16N2O/c1-5-6-7(2)8(12)11(9-3)10-4;1-7(2)8(11)9-5-6-10(3)4/h9-10H,2,5-6H2,1,3-4H3;1,5-6H2,2-4H3,(H,9,11). The second-order valence-electron chi connectivity index (χ2n) is 5.28. The van der Waals surface area contributed by atoms with Crippen LogP contribution in [-0.2, 0) is 9.59 Å². The van der Waals surface area contributed by atoms with E-state index in [0.29, 0.717) is 17.7 Å². The first-order chi connectivity index (χ1) is 10.7. The van der Waals surface area contributed by atoms with E-state index in [-0.39, 0.29) is 11.8 Å². The highest BCUT2D eigenvalue weighted by atomic mass is 16.2. The largest absolute Gasteiger partial charge is 0.351 e. The van der Waals surface area contributed by atoms with Crippen LogP contribution < -0.4 is 16.2 Å². The van der Waals surface area contributed by atoms with Crippen molar-refractivity contribution in [1.82, 2.24) is 26.2 Å². The van der Waals surface area contributed by atoms with Crippen LogP contribution in [-0.4, -0.2) is 63.1 Å². The highest BCUT2D eigenvalue weighted by Gasteiger charge is 2.12. The van der Waals surface area contributed by atoms with Gasteiger partial charge in [0.15, 0.2) is 0 Å². The second kappa shape index (κ2) is 13.9. The topological polar surface area (TPSA) is 76.7 Å². The van der Waals surface area contributed by atoms with Gasteiger partial charge in [0.1, 0.15) is 0 Å². The van der Waals surface area contributed by atoms with Gasteiger partial charge in [-0.05, 0) is 27.4 Å². The van der Waals surface area contributed by atoms with Crippen molar-refractivity contribution in [3.63, 3.8) is 0 Å². The van der Waals surface area contributed by atoms with Crippen molar-refractivity contribution in [2.45, 2.75) is 26.7 Å². The van der Waals surface area contributed by atoms with E-state index in [1.165, 1.54) is 5.12 Å². The Hall–Kier alpha value is -1.70. The van der Waals surface area contributed by atoms with Crippen LogP contribution in [0, 0.1) is 0 Å². The Morgan fingerprint density at radius 3 is 1.96 bits per heavy atom. The Labute approximate surface area is 140 Å². The molecule has 0 heterocycles. The van der Waals surface area contributed by atoms with E-state index in [1.54, 1.807) is 21.0 Å². The number of amides is 2. The number of likely N-dealkylation sites (N-methyl/N-ethyl adjacent to an activating group) is 1. The molecule has 0 bridgehead atoms. The molecule has 0 aliphatic rings. The van der Waals surface area contributed by atoms with Gasteiger partial charge < -0.3 is 10.2 Å². The van der Waals surface area contributed by atoms with E-state index < -0.39 is 0 Å². The van der Waals surface area contributed by atoms with Gasteiger partial charge in [-0.15, -0.1) is 0 Å². The number of hydrogen-bond acceptors (Lipinski definition) is 5. The number of carbonyl (C=O) groups is 2. The van der Waals surface area contributed by atoms with Crippen LogP contribution in [0.1, 0.15) is 26.7 Å². The van der Waals surface area contributed by atoms with Gasteiger partial charge in [0.05, 0.1) is 0 Å². The number of carbonyl (C=O) groups excluding carboxylic acids is 2. The third-order valence-electron chi connectivity index (χ3n) is 2.74. The third-order valence-corrected chi connectivity index (χ3v) is 2.74. The molecule has 0 fully saturated rings. The lowest BCUT2D eigenvalue weighted by Crippen LogP contribution is -2.48. The van der Waals surface area contributed by atoms with Crippen molar-refractivity contribution >= 4 is 11.8 Å². The maximum atomic E-state index is 11.4. The second-order valence-corrected chi connectivity index (χ2v) is 5.28. The molecular formula is C16H33N5O2. The van der Waals surface area contributed by atoms with Gasteiger partial charge in [0.25, 0.3) is 5.91 Å². The van der Waals surface area contributed by atoms with Gasteiger partial charge in [0, 0.05) is 38.3 Å². The van der Waals surface area contributed by atoms with Crippen LogP contribution >= 0.6 is 0 Å². The average Bonchev–Trinajstić information content (AvgIpc) is 2.48. The number of rotatable bonds is 9. The van der Waals surface area contributed by atoms with E-state index >= 15 is 0 Å². The summed E-state index contributed by atoms with van der Waals surface area (Å²) >= 11 is 0. The summed E-state index contributed by atoms with van der Waals surface area (Å²) in [4.78, 5) is 24.3. The van der Waals surface area contributed by atoms with Gasteiger partial charge >= 0.3 is 0 Å². The van der Waals surface area contributed by atoms with E-state index in [1.807, 2.05) is 25.9 Å². The van der Waals surface area contributed by atoms with Crippen LogP contribution in [0.5, 0.6) is 0 Å². The predicted octanol–water partition coefficient (Wildman–Crippen LogP) is 0.680. The zero-order valence-corrected chi connectivity index (χ0v) is 15.5. The van der Waals surface area contributed by atoms with Crippen LogP contribution in [0.25, 0.3) is 0 Å². The fraction of sp³-hybridized carbons (Fsp3) is 0.625. The fourth-order valence-corrected chi connectivity index (χ4v) is 1.43. The Morgan fingerprint density at radius 2 is 1.61 bits per heavy atom. The maximum Gasteiger partial charge on any atom is 0.278 e. The minimum Gasteiger partial charge on any atom is -0.351 e. The molecule has 0 saturated carbocycles. The van der Waals surface area contributed by atoms with Crippen LogP contribution in [0.2, 0.25) is 0 Å². The third kappa shape index (κ3) is 12.5. The molecule has 0 rings (SSSR count). The lowest BCUT2D eigenvalue weighted by Gasteiger charge is -2.20. The molecule has 0 atom stereocenters. The minimum absolute atomic E-state index is 0.0631. The molecule has 0 aliphatic heterocycles. The van der Waals surface area contributed by atoms with Crippen molar-refractivity contribution in [3.8, 4) is 0 Å². The monoisotopic (exact) mass is 327 g/mol. The Kier molecular flexibility index (Phi) is 14.3. The summed E-state index contributed by atoms with van der Waals surface area (Å²) < 4.78 is 0. The summed E-state index contributed by atoms with van der Waals surface area (Å²) in [6.45, 7) is 12.5. The molecule has 23 heavy (non-hydrogen) atoms. The number of hydrogen-bond donors (Lipinski definition) is 3. The molecule has 0 unspecified atom stereocenters. The molecule has 0 aromatic carbocycles. The first kappa shape index (κ1) is 23.6. The smallest absolute Gasteiger partial charge is 0.278 e. The average molecular weight is 327 g/mol. The maximum absolute atomic E-state index is 11.4. The normalized spacial score (nSPS) is 9.70. The highest BCUT2D eigenvalue weighted by Crippen LogP contribution is 2.03. The first-order valence-electron chi connectivity index (χ1n) is 7.66. The summed E-state index contributed by atoms with van der Waals surface area (Å²) in [5.41, 5.74) is 6.58. The molecule has 134 valence electrons. The summed E-state index contributed by atoms with van der Waals surface area (Å²) in [6, 6.07) is 0. The van der Waals surface area contributed by atoms with Crippen molar-refractivity contribution in [2.24, 2.45) is 0 Å². The minimum atomic E-state index is -0.109. The van der Waals surface area contributed by atoms with Gasteiger partial charge in [-0.3, -0.25) is 9.59 Å². The highest BCUT2D eigenvalue weighted by molar-refractivity contribution is 5.92. The van der Waals surface area contributed by atoms with Gasteiger partial charge in [-0.1, -0.05) is 26.5 Å². The van der Waals surface area contributed by atoms with Gasteiger partial charge in [-0.2, -0.15) is 0 Å². The molecule has 0 aromatic rings. The predicted molar refractivity (Wildman–Crippen MR) is 95.4 cm³/mol. The molecule has 2 amide bonds. The van der Waals surface area contributed by atoms with Gasteiger partial charge in [0.2, 0.25) is 5.91 Å². The zero-order valence-electron chi connectivity index (χ0n) is 15.5. The molecule has 7 heteroatoms.